The first kappa shape index (κ1) is 18.4. The molecule has 146 valence electrons. The molecule has 9 heteroatoms. The smallest absolute Gasteiger partial charge is 0.271 e. The van der Waals surface area contributed by atoms with Crippen molar-refractivity contribution in [2.24, 2.45) is 12.8 Å². The highest BCUT2D eigenvalue weighted by Crippen LogP contribution is 2.26. The second-order valence-corrected chi connectivity index (χ2v) is 6.54. The zero-order chi connectivity index (χ0) is 20.5. The van der Waals surface area contributed by atoms with Crippen LogP contribution in [0.2, 0.25) is 0 Å². The van der Waals surface area contributed by atoms with Crippen molar-refractivity contribution < 1.29 is 9.59 Å². The maximum atomic E-state index is 13.1. The summed E-state index contributed by atoms with van der Waals surface area (Å²) in [6.45, 7) is 2.42. The van der Waals surface area contributed by atoms with Crippen molar-refractivity contribution in [2.45, 2.75) is 13.5 Å². The van der Waals surface area contributed by atoms with Crippen LogP contribution < -0.4 is 11.1 Å². The molecule has 0 aliphatic heterocycles. The van der Waals surface area contributed by atoms with Crippen LogP contribution in [-0.4, -0.2) is 36.4 Å². The Bertz CT molecular complexity index is 1240. The predicted molar refractivity (Wildman–Crippen MR) is 108 cm³/mol. The molecule has 0 radical (unpaired) electrons. The Hall–Kier alpha value is -4.01. The molecule has 3 N–H and O–H groups in total. The minimum atomic E-state index is -0.705. The van der Waals surface area contributed by atoms with Crippen LogP contribution in [-0.2, 0) is 13.6 Å². The summed E-state index contributed by atoms with van der Waals surface area (Å²) in [6.07, 6.45) is 5.11. The molecule has 2 amide bonds. The molecule has 0 spiro atoms. The average molecular weight is 389 g/mol. The Labute approximate surface area is 166 Å². The van der Waals surface area contributed by atoms with Gasteiger partial charge in [-0.3, -0.25) is 19.0 Å². The van der Waals surface area contributed by atoms with Crippen LogP contribution >= 0.6 is 0 Å². The van der Waals surface area contributed by atoms with Gasteiger partial charge in [0, 0.05) is 36.9 Å². The van der Waals surface area contributed by atoms with Gasteiger partial charge in [-0.25, -0.2) is 4.98 Å². The third-order valence-electron chi connectivity index (χ3n) is 4.53. The number of rotatable bonds is 5. The molecule has 4 rings (SSSR count). The van der Waals surface area contributed by atoms with E-state index in [9.17, 15) is 9.59 Å². The topological polar surface area (TPSA) is 121 Å². The minimum Gasteiger partial charge on any atom is -0.364 e. The summed E-state index contributed by atoms with van der Waals surface area (Å²) in [5, 5.41) is 11.7. The van der Waals surface area contributed by atoms with E-state index >= 15 is 0 Å². The molecule has 0 atom stereocenters. The summed E-state index contributed by atoms with van der Waals surface area (Å²) in [4.78, 5) is 29.5. The van der Waals surface area contributed by atoms with E-state index in [-0.39, 0.29) is 17.3 Å². The van der Waals surface area contributed by atoms with Gasteiger partial charge in [-0.05, 0) is 19.1 Å². The number of nitrogens with zero attached hydrogens (tertiary/aromatic N) is 5. The number of hydrogen-bond donors (Lipinski definition) is 2. The molecular formula is C20H19N7O2. The number of fused-ring (bicyclic) bond motifs is 1. The summed E-state index contributed by atoms with van der Waals surface area (Å²) < 4.78 is 3.21. The van der Waals surface area contributed by atoms with Gasteiger partial charge in [-0.15, -0.1) is 0 Å². The molecule has 0 aliphatic rings. The molecular weight excluding hydrogens is 370 g/mol. The number of nitrogens with two attached hydrogens (primary N) is 1. The number of nitrogens with one attached hydrogen (secondary N) is 1. The van der Waals surface area contributed by atoms with Crippen LogP contribution in [0, 0.1) is 0 Å². The SMILES string of the molecule is CCn1cc(NC(=O)c2cc(-c3cnn(C)c3)nc3ccccc23)c(C(N)=O)n1. The Kier molecular flexibility index (Phi) is 4.55. The first-order valence-corrected chi connectivity index (χ1v) is 9.03. The lowest BCUT2D eigenvalue weighted by Crippen LogP contribution is -2.18. The molecule has 0 saturated carbocycles. The van der Waals surface area contributed by atoms with E-state index in [1.807, 2.05) is 44.4 Å². The Morgan fingerprint density at radius 1 is 1.21 bits per heavy atom. The third-order valence-corrected chi connectivity index (χ3v) is 4.53. The highest BCUT2D eigenvalue weighted by atomic mass is 16.2. The first-order valence-electron chi connectivity index (χ1n) is 9.03. The fraction of sp³-hybridized carbons (Fsp3) is 0.150. The van der Waals surface area contributed by atoms with Crippen LogP contribution in [0.5, 0.6) is 0 Å². The molecule has 1 aromatic carbocycles. The highest BCUT2D eigenvalue weighted by molar-refractivity contribution is 6.14. The van der Waals surface area contributed by atoms with Gasteiger partial charge in [0.1, 0.15) is 0 Å². The molecule has 3 heterocycles. The van der Waals surface area contributed by atoms with E-state index in [1.165, 1.54) is 0 Å². The Morgan fingerprint density at radius 2 is 2.00 bits per heavy atom. The molecule has 0 aliphatic carbocycles. The summed E-state index contributed by atoms with van der Waals surface area (Å²) in [6, 6.07) is 9.09. The number of hydrogen-bond acceptors (Lipinski definition) is 5. The largest absolute Gasteiger partial charge is 0.364 e. The van der Waals surface area contributed by atoms with Crippen LogP contribution in [0.25, 0.3) is 22.2 Å². The minimum absolute atomic E-state index is 0.0195. The van der Waals surface area contributed by atoms with E-state index in [2.05, 4.69) is 20.5 Å². The van der Waals surface area contributed by atoms with Crippen LogP contribution in [0.3, 0.4) is 0 Å². The lowest BCUT2D eigenvalue weighted by Gasteiger charge is -2.09. The number of benzene rings is 1. The number of aryl methyl sites for hydroxylation is 2. The van der Waals surface area contributed by atoms with Gasteiger partial charge < -0.3 is 11.1 Å². The summed E-state index contributed by atoms with van der Waals surface area (Å²) in [5.41, 5.74) is 8.22. The number of carbonyl (C=O) groups is 2. The fourth-order valence-corrected chi connectivity index (χ4v) is 3.11. The molecule has 4 aromatic rings. The van der Waals surface area contributed by atoms with E-state index in [0.29, 0.717) is 28.7 Å². The van der Waals surface area contributed by atoms with Gasteiger partial charge in [0.05, 0.1) is 28.7 Å². The van der Waals surface area contributed by atoms with Crippen LogP contribution in [0.15, 0.2) is 48.9 Å². The monoisotopic (exact) mass is 389 g/mol. The summed E-state index contributed by atoms with van der Waals surface area (Å²) in [7, 11) is 1.81. The second-order valence-electron chi connectivity index (χ2n) is 6.54. The lowest BCUT2D eigenvalue weighted by molar-refractivity contribution is 0.0995. The normalized spacial score (nSPS) is 11.0. The third kappa shape index (κ3) is 3.45. The van der Waals surface area contributed by atoms with E-state index in [1.54, 1.807) is 27.8 Å². The van der Waals surface area contributed by atoms with Crippen molar-refractivity contribution in [1.82, 2.24) is 24.5 Å². The summed E-state index contributed by atoms with van der Waals surface area (Å²) >= 11 is 0. The molecule has 29 heavy (non-hydrogen) atoms. The molecule has 0 unspecified atom stereocenters. The average Bonchev–Trinajstić information content (AvgIpc) is 3.33. The van der Waals surface area contributed by atoms with Crippen molar-refractivity contribution in [1.29, 1.82) is 0 Å². The van der Waals surface area contributed by atoms with E-state index < -0.39 is 5.91 Å². The highest BCUT2D eigenvalue weighted by Gasteiger charge is 2.19. The van der Waals surface area contributed by atoms with E-state index in [4.69, 9.17) is 5.73 Å². The van der Waals surface area contributed by atoms with Gasteiger partial charge in [0.25, 0.3) is 11.8 Å². The summed E-state index contributed by atoms with van der Waals surface area (Å²) in [5.74, 6) is -1.09. The molecule has 0 saturated heterocycles. The van der Waals surface area contributed by atoms with Crippen molar-refractivity contribution >= 4 is 28.4 Å². The number of amides is 2. The number of primary amides is 1. The van der Waals surface area contributed by atoms with Gasteiger partial charge in [0.15, 0.2) is 5.69 Å². The lowest BCUT2D eigenvalue weighted by atomic mass is 10.0. The number of aromatic nitrogens is 5. The molecule has 9 nitrogen and oxygen atoms in total. The number of carbonyl (C=O) groups excluding carboxylic acids is 2. The van der Waals surface area contributed by atoms with Crippen molar-refractivity contribution in [2.75, 3.05) is 5.32 Å². The number of pyridine rings is 1. The van der Waals surface area contributed by atoms with Crippen molar-refractivity contribution in [3.05, 3.63) is 60.2 Å². The maximum Gasteiger partial charge on any atom is 0.271 e. The zero-order valence-corrected chi connectivity index (χ0v) is 16.0. The predicted octanol–water partition coefficient (Wildman–Crippen LogP) is 2.20. The van der Waals surface area contributed by atoms with Gasteiger partial charge in [-0.2, -0.15) is 10.2 Å². The van der Waals surface area contributed by atoms with Crippen LogP contribution in [0.4, 0.5) is 5.69 Å². The Balaban J connectivity index is 1.80. The van der Waals surface area contributed by atoms with Crippen molar-refractivity contribution in [3.63, 3.8) is 0 Å². The van der Waals surface area contributed by atoms with Crippen LogP contribution in [0.1, 0.15) is 27.8 Å². The van der Waals surface area contributed by atoms with Gasteiger partial charge >= 0.3 is 0 Å². The number of para-hydroxylation sites is 1. The fourth-order valence-electron chi connectivity index (χ4n) is 3.11. The quantitative estimate of drug-likeness (QED) is 0.542. The second kappa shape index (κ2) is 7.19. The number of anilines is 1. The molecule has 0 fully saturated rings. The van der Waals surface area contributed by atoms with E-state index in [0.717, 1.165) is 5.56 Å². The first-order chi connectivity index (χ1) is 14.0. The van der Waals surface area contributed by atoms with Gasteiger partial charge in [0.2, 0.25) is 0 Å². The zero-order valence-electron chi connectivity index (χ0n) is 16.0. The molecule has 0 bridgehead atoms. The van der Waals surface area contributed by atoms with Gasteiger partial charge in [-0.1, -0.05) is 18.2 Å². The standard InChI is InChI=1S/C20H19N7O2/c1-3-27-11-17(18(25-27)19(21)28)24-20(29)14-8-16(12-9-22-26(2)10-12)23-15-7-5-4-6-13(14)15/h4-11H,3H2,1-2H3,(H2,21,28)(H,24,29). The maximum absolute atomic E-state index is 13.1. The molecule has 3 aromatic heterocycles. The van der Waals surface area contributed by atoms with Crippen molar-refractivity contribution in [3.8, 4) is 11.3 Å². The Morgan fingerprint density at radius 3 is 2.69 bits per heavy atom.